The molecule has 0 aliphatic heterocycles. The molecule has 0 aliphatic carbocycles. The Balaban J connectivity index is 2.14. The first kappa shape index (κ1) is 35.4. The minimum Gasteiger partial charge on any atom is -0.465 e. The summed E-state index contributed by atoms with van der Waals surface area (Å²) < 4.78 is 9.77. The number of nitrogens with zero attached hydrogens (tertiary/aromatic N) is 2. The molecular formula is C29H40N4O8S2. The summed E-state index contributed by atoms with van der Waals surface area (Å²) in [5, 5.41) is 5.79. The van der Waals surface area contributed by atoms with Crippen molar-refractivity contribution in [3.8, 4) is 0 Å². The number of hydrogen-bond donors (Lipinski definition) is 2. The average molecular weight is 637 g/mol. The van der Waals surface area contributed by atoms with Crippen molar-refractivity contribution in [2.24, 2.45) is 0 Å². The average Bonchev–Trinajstić information content (AvgIpc) is 3.48. The maximum absolute atomic E-state index is 13.0. The van der Waals surface area contributed by atoms with Gasteiger partial charge in [-0.1, -0.05) is 0 Å². The standard InChI is InChI=1S/C29H40N4O8S2/c1-9-32(10-2)26(36)22-16(5)20(28(38)40-7)24(42-22)30-18(34)14-13-15-19(35)31-25-21(29(39)41-8)17(6)23(43-25)27(37)33(11-3)12-4/h9-15H2,1-8H3,(H,30,34)(H,31,35). The van der Waals surface area contributed by atoms with Crippen LogP contribution in [0.2, 0.25) is 0 Å². The van der Waals surface area contributed by atoms with Gasteiger partial charge in [0.2, 0.25) is 11.8 Å². The van der Waals surface area contributed by atoms with Crippen LogP contribution < -0.4 is 10.6 Å². The molecule has 2 heterocycles. The van der Waals surface area contributed by atoms with Gasteiger partial charge in [-0.25, -0.2) is 9.59 Å². The van der Waals surface area contributed by atoms with E-state index in [1.54, 1.807) is 23.6 Å². The van der Waals surface area contributed by atoms with E-state index in [-0.39, 0.29) is 52.2 Å². The number of methoxy groups -OCH3 is 2. The fourth-order valence-corrected chi connectivity index (χ4v) is 6.76. The minimum absolute atomic E-state index is 0.0523. The molecule has 0 radical (unpaired) electrons. The number of amides is 4. The Bertz CT molecular complexity index is 1270. The van der Waals surface area contributed by atoms with Gasteiger partial charge in [0, 0.05) is 39.0 Å². The van der Waals surface area contributed by atoms with E-state index in [9.17, 15) is 28.8 Å². The Morgan fingerprint density at radius 3 is 1.23 bits per heavy atom. The van der Waals surface area contributed by atoms with Crippen LogP contribution in [0, 0.1) is 13.8 Å². The highest BCUT2D eigenvalue weighted by Crippen LogP contribution is 2.36. The van der Waals surface area contributed by atoms with Gasteiger partial charge in [-0.15, -0.1) is 22.7 Å². The molecule has 0 fully saturated rings. The lowest BCUT2D eigenvalue weighted by atomic mass is 10.1. The fourth-order valence-electron chi connectivity index (χ4n) is 4.40. The monoisotopic (exact) mass is 636 g/mol. The van der Waals surface area contributed by atoms with E-state index in [1.165, 1.54) is 14.2 Å². The highest BCUT2D eigenvalue weighted by atomic mass is 32.1. The third-order valence-corrected chi connectivity index (χ3v) is 9.27. The van der Waals surface area contributed by atoms with E-state index in [0.29, 0.717) is 47.1 Å². The van der Waals surface area contributed by atoms with Crippen LogP contribution in [0.15, 0.2) is 0 Å². The third-order valence-electron chi connectivity index (χ3n) is 6.88. The van der Waals surface area contributed by atoms with Gasteiger partial charge >= 0.3 is 11.9 Å². The molecular weight excluding hydrogens is 596 g/mol. The van der Waals surface area contributed by atoms with Gasteiger partial charge < -0.3 is 29.9 Å². The molecule has 0 aromatic carbocycles. The van der Waals surface area contributed by atoms with Gasteiger partial charge in [-0.05, 0) is 59.1 Å². The molecule has 0 bridgehead atoms. The summed E-state index contributed by atoms with van der Waals surface area (Å²) >= 11 is 2.02. The fraction of sp³-hybridized carbons (Fsp3) is 0.517. The zero-order valence-electron chi connectivity index (χ0n) is 25.9. The van der Waals surface area contributed by atoms with E-state index in [4.69, 9.17) is 9.47 Å². The molecule has 0 atom stereocenters. The lowest BCUT2D eigenvalue weighted by Gasteiger charge is -2.17. The van der Waals surface area contributed by atoms with Crippen LogP contribution in [0.25, 0.3) is 0 Å². The quantitative estimate of drug-likeness (QED) is 0.283. The Kier molecular flexibility index (Phi) is 13.3. The van der Waals surface area contributed by atoms with E-state index in [2.05, 4.69) is 10.6 Å². The van der Waals surface area contributed by atoms with Crippen molar-refractivity contribution in [2.45, 2.75) is 60.8 Å². The molecule has 0 saturated heterocycles. The smallest absolute Gasteiger partial charge is 0.341 e. The molecule has 14 heteroatoms. The highest BCUT2D eigenvalue weighted by Gasteiger charge is 2.29. The number of rotatable bonds is 14. The van der Waals surface area contributed by atoms with Gasteiger partial charge in [0.15, 0.2) is 0 Å². The number of hydrogen-bond acceptors (Lipinski definition) is 10. The second-order valence-electron chi connectivity index (χ2n) is 9.41. The van der Waals surface area contributed by atoms with Crippen LogP contribution in [0.3, 0.4) is 0 Å². The lowest BCUT2D eigenvalue weighted by molar-refractivity contribution is -0.117. The Labute approximate surface area is 259 Å². The molecule has 4 amide bonds. The molecule has 236 valence electrons. The molecule has 2 rings (SSSR count). The molecule has 2 aromatic rings. The normalized spacial score (nSPS) is 10.6. The van der Waals surface area contributed by atoms with Crippen molar-refractivity contribution in [3.05, 3.63) is 32.0 Å². The van der Waals surface area contributed by atoms with Crippen LogP contribution in [0.5, 0.6) is 0 Å². The molecule has 12 nitrogen and oxygen atoms in total. The van der Waals surface area contributed by atoms with Crippen molar-refractivity contribution in [1.29, 1.82) is 0 Å². The van der Waals surface area contributed by atoms with E-state index >= 15 is 0 Å². The number of carbonyl (C=O) groups excluding carboxylic acids is 6. The molecule has 2 N–H and O–H groups in total. The highest BCUT2D eigenvalue weighted by molar-refractivity contribution is 7.19. The first-order valence-corrected chi connectivity index (χ1v) is 15.6. The van der Waals surface area contributed by atoms with Gasteiger partial charge in [-0.3, -0.25) is 19.2 Å². The van der Waals surface area contributed by atoms with Crippen molar-refractivity contribution in [1.82, 2.24) is 9.80 Å². The number of esters is 2. The Morgan fingerprint density at radius 2 is 0.953 bits per heavy atom. The van der Waals surface area contributed by atoms with Crippen molar-refractivity contribution in [2.75, 3.05) is 51.0 Å². The Morgan fingerprint density at radius 1 is 0.628 bits per heavy atom. The van der Waals surface area contributed by atoms with E-state index < -0.39 is 23.8 Å². The maximum Gasteiger partial charge on any atom is 0.341 e. The van der Waals surface area contributed by atoms with E-state index in [1.807, 2.05) is 27.7 Å². The van der Waals surface area contributed by atoms with Gasteiger partial charge in [0.1, 0.15) is 10.0 Å². The summed E-state index contributed by atoms with van der Waals surface area (Å²) in [5.74, 6) is -2.73. The number of nitrogens with one attached hydrogen (secondary N) is 2. The maximum atomic E-state index is 13.0. The summed E-state index contributed by atoms with van der Waals surface area (Å²) in [5.41, 5.74) is 1.09. The molecule has 0 aliphatic rings. The second kappa shape index (κ2) is 16.2. The summed E-state index contributed by atoms with van der Waals surface area (Å²) in [4.78, 5) is 80.4. The molecule has 0 saturated carbocycles. The predicted molar refractivity (Wildman–Crippen MR) is 166 cm³/mol. The summed E-state index contributed by atoms with van der Waals surface area (Å²) in [6.45, 7) is 12.6. The SMILES string of the molecule is CCN(CC)C(=O)c1sc(NC(=O)CCCC(=O)Nc2sc(C(=O)N(CC)CC)c(C)c2C(=O)OC)c(C(=O)OC)c1C. The molecule has 2 aromatic heterocycles. The van der Waals surface area contributed by atoms with Gasteiger partial charge in [0.25, 0.3) is 11.8 Å². The predicted octanol–water partition coefficient (Wildman–Crippen LogP) is 4.71. The van der Waals surface area contributed by atoms with E-state index in [0.717, 1.165) is 22.7 Å². The molecule has 0 spiro atoms. The number of thiophene rings is 2. The summed E-state index contributed by atoms with van der Waals surface area (Å²) in [6.07, 6.45) is 0.0522. The third kappa shape index (κ3) is 8.20. The zero-order valence-corrected chi connectivity index (χ0v) is 27.6. The number of carbonyl (C=O) groups is 6. The van der Waals surface area contributed by atoms with Gasteiger partial charge in [-0.2, -0.15) is 0 Å². The number of ether oxygens (including phenoxy) is 2. The first-order chi connectivity index (χ1) is 20.4. The van der Waals surface area contributed by atoms with Crippen LogP contribution in [-0.2, 0) is 19.1 Å². The van der Waals surface area contributed by atoms with Crippen molar-refractivity contribution >= 4 is 68.2 Å². The van der Waals surface area contributed by atoms with Crippen LogP contribution in [0.4, 0.5) is 10.0 Å². The van der Waals surface area contributed by atoms with Crippen LogP contribution in [0.1, 0.15) is 98.1 Å². The molecule has 0 unspecified atom stereocenters. The number of anilines is 2. The largest absolute Gasteiger partial charge is 0.465 e. The summed E-state index contributed by atoms with van der Waals surface area (Å²) in [7, 11) is 2.44. The second-order valence-corrected chi connectivity index (χ2v) is 11.4. The first-order valence-electron chi connectivity index (χ1n) is 14.0. The topological polar surface area (TPSA) is 151 Å². The van der Waals surface area contributed by atoms with Gasteiger partial charge in [0.05, 0.1) is 35.1 Å². The minimum atomic E-state index is -0.673. The van der Waals surface area contributed by atoms with Crippen molar-refractivity contribution in [3.63, 3.8) is 0 Å². The zero-order chi connectivity index (χ0) is 32.4. The van der Waals surface area contributed by atoms with Crippen LogP contribution in [-0.4, -0.2) is 85.8 Å². The summed E-state index contributed by atoms with van der Waals surface area (Å²) in [6, 6.07) is 0. The Hall–Kier alpha value is -3.78. The molecule has 43 heavy (non-hydrogen) atoms. The van der Waals surface area contributed by atoms with Crippen LogP contribution >= 0.6 is 22.7 Å². The lowest BCUT2D eigenvalue weighted by Crippen LogP contribution is -2.30. The van der Waals surface area contributed by atoms with Crippen molar-refractivity contribution < 1.29 is 38.2 Å².